The van der Waals surface area contributed by atoms with E-state index < -0.39 is 0 Å². The van der Waals surface area contributed by atoms with Gasteiger partial charge < -0.3 is 0 Å². The first-order chi connectivity index (χ1) is 7.58. The molecule has 0 unspecified atom stereocenters. The van der Waals surface area contributed by atoms with E-state index in [1.54, 1.807) is 13.8 Å². The van der Waals surface area contributed by atoms with E-state index in [1.807, 2.05) is 0 Å². The van der Waals surface area contributed by atoms with Crippen LogP contribution in [0.5, 0.6) is 0 Å². The highest BCUT2D eigenvalue weighted by molar-refractivity contribution is 7.10. The summed E-state index contributed by atoms with van der Waals surface area (Å²) in [5, 5.41) is 3.86. The topological polar surface area (TPSA) is 60.7 Å². The van der Waals surface area contributed by atoms with Crippen LogP contribution in [0, 0.1) is 13.8 Å². The van der Waals surface area contributed by atoms with E-state index in [-0.39, 0.29) is 5.56 Å². The number of hydrogen-bond acceptors (Lipinski definition) is 5. The minimum Gasteiger partial charge on any atom is -0.291 e. The molecule has 0 fully saturated rings. The zero-order valence-electron chi connectivity index (χ0n) is 8.77. The molecule has 2 rings (SSSR count). The van der Waals surface area contributed by atoms with Gasteiger partial charge in [-0.3, -0.25) is 9.36 Å². The third-order valence-corrected chi connectivity index (χ3v) is 3.13. The van der Waals surface area contributed by atoms with Gasteiger partial charge in [0.05, 0.1) is 6.54 Å². The molecule has 5 nitrogen and oxygen atoms in total. The Labute approximate surface area is 101 Å². The van der Waals surface area contributed by atoms with Crippen molar-refractivity contribution < 1.29 is 0 Å². The summed E-state index contributed by atoms with van der Waals surface area (Å²) in [6.45, 7) is 3.88. The summed E-state index contributed by atoms with van der Waals surface area (Å²) in [7, 11) is 0. The third-order valence-electron chi connectivity index (χ3n) is 2.14. The van der Waals surface area contributed by atoms with Gasteiger partial charge in [-0.15, -0.1) is 5.10 Å². The van der Waals surface area contributed by atoms with E-state index in [9.17, 15) is 4.79 Å². The lowest BCUT2D eigenvalue weighted by molar-refractivity contribution is 0.679. The fourth-order valence-corrected chi connectivity index (χ4v) is 2.01. The van der Waals surface area contributed by atoms with Crippen LogP contribution in [0.15, 0.2) is 10.9 Å². The highest BCUT2D eigenvalue weighted by Gasteiger charge is 2.09. The van der Waals surface area contributed by atoms with Gasteiger partial charge in [0.2, 0.25) is 0 Å². The number of rotatable bonds is 2. The van der Waals surface area contributed by atoms with Gasteiger partial charge in [0, 0.05) is 23.3 Å². The molecule has 2 aromatic heterocycles. The van der Waals surface area contributed by atoms with Crippen molar-refractivity contribution in [2.24, 2.45) is 0 Å². The fourth-order valence-electron chi connectivity index (χ4n) is 1.40. The molecular formula is C9H9ClN4OS. The zero-order valence-corrected chi connectivity index (χ0v) is 10.3. The lowest BCUT2D eigenvalue weighted by Crippen LogP contribution is -2.24. The molecule has 84 valence electrons. The minimum absolute atomic E-state index is 0.103. The van der Waals surface area contributed by atoms with Gasteiger partial charge >= 0.3 is 0 Å². The minimum atomic E-state index is -0.103. The van der Waals surface area contributed by atoms with Crippen molar-refractivity contribution in [1.29, 1.82) is 0 Å². The van der Waals surface area contributed by atoms with Crippen LogP contribution in [0.3, 0.4) is 0 Å². The van der Waals surface area contributed by atoms with Crippen molar-refractivity contribution in [3.8, 4) is 0 Å². The fraction of sp³-hybridized carbons (Fsp3) is 0.333. The Hall–Kier alpha value is -1.27. The van der Waals surface area contributed by atoms with Crippen molar-refractivity contribution in [1.82, 2.24) is 19.1 Å². The molecule has 0 aliphatic carbocycles. The maximum Gasteiger partial charge on any atom is 0.254 e. The van der Waals surface area contributed by atoms with Gasteiger partial charge in [-0.25, -0.2) is 4.98 Å². The number of aryl methyl sites for hydroxylation is 2. The molecule has 0 bridgehead atoms. The van der Waals surface area contributed by atoms with Gasteiger partial charge in [0.25, 0.3) is 5.56 Å². The van der Waals surface area contributed by atoms with E-state index in [0.717, 1.165) is 11.5 Å². The van der Waals surface area contributed by atoms with Gasteiger partial charge in [0.15, 0.2) is 0 Å². The molecule has 0 atom stereocenters. The van der Waals surface area contributed by atoms with Crippen LogP contribution in [0.2, 0.25) is 4.34 Å². The van der Waals surface area contributed by atoms with Crippen LogP contribution in [0.4, 0.5) is 0 Å². The lowest BCUT2D eigenvalue weighted by Gasteiger charge is -2.07. The normalized spacial score (nSPS) is 10.7. The molecule has 7 heteroatoms. The van der Waals surface area contributed by atoms with Crippen LogP contribution in [-0.4, -0.2) is 19.1 Å². The summed E-state index contributed by atoms with van der Waals surface area (Å²) in [4.78, 5) is 16.0. The van der Waals surface area contributed by atoms with Crippen LogP contribution in [0.25, 0.3) is 0 Å². The molecule has 0 saturated carbocycles. The van der Waals surface area contributed by atoms with Crippen molar-refractivity contribution in [2.75, 3.05) is 0 Å². The largest absolute Gasteiger partial charge is 0.291 e. The first kappa shape index (κ1) is 11.2. The molecule has 0 spiro atoms. The molecule has 16 heavy (non-hydrogen) atoms. The number of hydrogen-bond donors (Lipinski definition) is 0. The molecule has 0 aliphatic rings. The summed E-state index contributed by atoms with van der Waals surface area (Å²) < 4.78 is 5.75. The highest BCUT2D eigenvalue weighted by Crippen LogP contribution is 2.17. The SMILES string of the molecule is Cc1cc(=O)n(Cc2nnsc2Cl)c(C)n1. The Bertz CT molecular complexity index is 577. The predicted octanol–water partition coefficient (Wildman–Crippen LogP) is 1.41. The summed E-state index contributed by atoms with van der Waals surface area (Å²) in [5.41, 5.74) is 1.21. The Morgan fingerprint density at radius 3 is 2.81 bits per heavy atom. The molecule has 0 N–H and O–H groups in total. The van der Waals surface area contributed by atoms with Gasteiger partial charge in [-0.05, 0) is 13.8 Å². The number of nitrogens with zero attached hydrogens (tertiary/aromatic N) is 4. The standard InChI is InChI=1S/C9H9ClN4OS/c1-5-3-8(15)14(6(2)11-5)4-7-9(10)16-13-12-7/h3H,4H2,1-2H3. The van der Waals surface area contributed by atoms with Crippen LogP contribution in [0.1, 0.15) is 17.2 Å². The van der Waals surface area contributed by atoms with Crippen molar-refractivity contribution >= 4 is 23.1 Å². The van der Waals surface area contributed by atoms with Crippen LogP contribution < -0.4 is 5.56 Å². The lowest BCUT2D eigenvalue weighted by atomic mass is 10.4. The summed E-state index contributed by atoms with van der Waals surface area (Å²) in [6, 6.07) is 1.49. The second-order valence-electron chi connectivity index (χ2n) is 3.36. The van der Waals surface area contributed by atoms with Crippen LogP contribution >= 0.6 is 23.1 Å². The predicted molar refractivity (Wildman–Crippen MR) is 62.0 cm³/mol. The summed E-state index contributed by atoms with van der Waals surface area (Å²) >= 11 is 6.99. The van der Waals surface area contributed by atoms with E-state index in [4.69, 9.17) is 11.6 Å². The van der Waals surface area contributed by atoms with E-state index in [0.29, 0.717) is 28.1 Å². The molecule has 0 aromatic carbocycles. The molecule has 0 amide bonds. The Morgan fingerprint density at radius 2 is 2.25 bits per heavy atom. The molecule has 0 saturated heterocycles. The average Bonchev–Trinajstić information content (AvgIpc) is 2.57. The smallest absolute Gasteiger partial charge is 0.254 e. The molecule has 0 radical (unpaired) electrons. The molecule has 2 heterocycles. The van der Waals surface area contributed by atoms with Gasteiger partial charge in [-0.2, -0.15) is 0 Å². The second-order valence-corrected chi connectivity index (χ2v) is 4.72. The van der Waals surface area contributed by atoms with Gasteiger partial charge in [-0.1, -0.05) is 16.1 Å². The molecular weight excluding hydrogens is 248 g/mol. The van der Waals surface area contributed by atoms with Crippen LogP contribution in [-0.2, 0) is 6.54 Å². The monoisotopic (exact) mass is 256 g/mol. The van der Waals surface area contributed by atoms with Gasteiger partial charge in [0.1, 0.15) is 15.9 Å². The number of halogens is 1. The van der Waals surface area contributed by atoms with E-state index in [2.05, 4.69) is 14.6 Å². The average molecular weight is 257 g/mol. The Balaban J connectivity index is 2.43. The maximum absolute atomic E-state index is 11.7. The first-order valence-corrected chi connectivity index (χ1v) is 5.75. The molecule has 0 aliphatic heterocycles. The third kappa shape index (κ3) is 2.12. The maximum atomic E-state index is 11.7. The quantitative estimate of drug-likeness (QED) is 0.815. The first-order valence-electron chi connectivity index (χ1n) is 4.59. The Kier molecular flexibility index (Phi) is 3.02. The summed E-state index contributed by atoms with van der Waals surface area (Å²) in [6.07, 6.45) is 0. The Morgan fingerprint density at radius 1 is 1.50 bits per heavy atom. The summed E-state index contributed by atoms with van der Waals surface area (Å²) in [5.74, 6) is 0.647. The van der Waals surface area contributed by atoms with Crippen molar-refractivity contribution in [3.05, 3.63) is 38.0 Å². The second kappa shape index (κ2) is 4.31. The van der Waals surface area contributed by atoms with E-state index in [1.165, 1.54) is 10.6 Å². The van der Waals surface area contributed by atoms with E-state index >= 15 is 0 Å². The van der Waals surface area contributed by atoms with Crippen molar-refractivity contribution in [3.63, 3.8) is 0 Å². The number of aromatic nitrogens is 4. The highest BCUT2D eigenvalue weighted by atomic mass is 35.5. The van der Waals surface area contributed by atoms with Crippen molar-refractivity contribution in [2.45, 2.75) is 20.4 Å². The zero-order chi connectivity index (χ0) is 11.7. The molecule has 2 aromatic rings.